The van der Waals surface area contributed by atoms with Crippen LogP contribution in [-0.4, -0.2) is 47.8 Å². The van der Waals surface area contributed by atoms with Crippen LogP contribution in [0.2, 0.25) is 0 Å². The topological polar surface area (TPSA) is 66.6 Å². The van der Waals surface area contributed by atoms with Gasteiger partial charge in [-0.15, -0.1) is 0 Å². The molecule has 148 valence electrons. The van der Waals surface area contributed by atoms with Crippen LogP contribution in [0.5, 0.6) is 0 Å². The Morgan fingerprint density at radius 3 is 1.86 bits per heavy atom. The van der Waals surface area contributed by atoms with E-state index in [4.69, 9.17) is 5.73 Å². The highest BCUT2D eigenvalue weighted by atomic mass is 16.2. The molecule has 0 aliphatic carbocycles. The van der Waals surface area contributed by atoms with E-state index in [0.717, 1.165) is 13.1 Å². The monoisotopic (exact) mass is 379 g/mol. The van der Waals surface area contributed by atoms with Crippen LogP contribution in [0.15, 0.2) is 60.7 Å². The van der Waals surface area contributed by atoms with Crippen molar-refractivity contribution in [3.8, 4) is 0 Å². The van der Waals surface area contributed by atoms with Gasteiger partial charge in [0.2, 0.25) is 11.8 Å². The van der Waals surface area contributed by atoms with E-state index < -0.39 is 0 Å². The Morgan fingerprint density at radius 1 is 0.893 bits per heavy atom. The van der Waals surface area contributed by atoms with Gasteiger partial charge in [-0.3, -0.25) is 14.5 Å². The number of carbonyl (C=O) groups is 2. The van der Waals surface area contributed by atoms with Crippen LogP contribution >= 0.6 is 0 Å². The Hall–Kier alpha value is -2.66. The summed E-state index contributed by atoms with van der Waals surface area (Å²) in [6.45, 7) is 4.84. The molecule has 1 heterocycles. The van der Waals surface area contributed by atoms with E-state index in [-0.39, 0.29) is 23.8 Å². The number of carbonyl (C=O) groups excluding carboxylic acids is 2. The zero-order chi connectivity index (χ0) is 19.9. The summed E-state index contributed by atoms with van der Waals surface area (Å²) in [6.07, 6.45) is 0.899. The van der Waals surface area contributed by atoms with E-state index in [1.807, 2.05) is 17.0 Å². The van der Waals surface area contributed by atoms with Crippen LogP contribution < -0.4 is 5.73 Å². The molecule has 3 rings (SSSR count). The minimum absolute atomic E-state index is 0.115. The zero-order valence-electron chi connectivity index (χ0n) is 16.5. The molecule has 1 aliphatic heterocycles. The second-order valence-corrected chi connectivity index (χ2v) is 7.48. The molecule has 1 saturated heterocycles. The molecular weight excluding hydrogens is 350 g/mol. The lowest BCUT2D eigenvalue weighted by Crippen LogP contribution is -2.49. The van der Waals surface area contributed by atoms with Crippen molar-refractivity contribution in [1.29, 1.82) is 0 Å². The van der Waals surface area contributed by atoms with Crippen molar-refractivity contribution >= 4 is 11.8 Å². The number of nitrogens with two attached hydrogens (primary N) is 1. The summed E-state index contributed by atoms with van der Waals surface area (Å²) in [5.41, 5.74) is 7.83. The van der Waals surface area contributed by atoms with Crippen molar-refractivity contribution in [2.24, 2.45) is 11.7 Å². The van der Waals surface area contributed by atoms with Gasteiger partial charge in [-0.2, -0.15) is 0 Å². The van der Waals surface area contributed by atoms with Gasteiger partial charge in [-0.25, -0.2) is 0 Å². The van der Waals surface area contributed by atoms with Crippen molar-refractivity contribution in [1.82, 2.24) is 9.80 Å². The van der Waals surface area contributed by atoms with Gasteiger partial charge in [0.05, 0.1) is 6.04 Å². The molecule has 2 N–H and O–H groups in total. The summed E-state index contributed by atoms with van der Waals surface area (Å²) in [6, 6.07) is 21.2. The molecule has 1 aliphatic rings. The van der Waals surface area contributed by atoms with Crippen LogP contribution in [0.25, 0.3) is 0 Å². The van der Waals surface area contributed by atoms with Crippen molar-refractivity contribution in [2.75, 3.05) is 26.2 Å². The molecule has 5 nitrogen and oxygen atoms in total. The quantitative estimate of drug-likeness (QED) is 0.804. The van der Waals surface area contributed by atoms with Crippen LogP contribution in [0.4, 0.5) is 0 Å². The third kappa shape index (κ3) is 4.98. The minimum Gasteiger partial charge on any atom is -0.369 e. The average Bonchev–Trinajstić information content (AvgIpc) is 2.74. The summed E-state index contributed by atoms with van der Waals surface area (Å²) in [5.74, 6) is -0.485. The summed E-state index contributed by atoms with van der Waals surface area (Å²) < 4.78 is 0. The average molecular weight is 380 g/mol. The smallest absolute Gasteiger partial charge is 0.222 e. The molecule has 0 radical (unpaired) electrons. The maximum atomic E-state index is 12.5. The fourth-order valence-electron chi connectivity index (χ4n) is 3.75. The predicted molar refractivity (Wildman–Crippen MR) is 110 cm³/mol. The highest BCUT2D eigenvalue weighted by Crippen LogP contribution is 2.29. The first-order chi connectivity index (χ1) is 13.6. The van der Waals surface area contributed by atoms with Gasteiger partial charge < -0.3 is 10.6 Å². The van der Waals surface area contributed by atoms with E-state index in [9.17, 15) is 9.59 Å². The number of nitrogens with zero attached hydrogens (tertiary/aromatic N) is 2. The second kappa shape index (κ2) is 9.51. The molecule has 28 heavy (non-hydrogen) atoms. The molecule has 1 atom stereocenters. The Morgan fingerprint density at radius 2 is 1.39 bits per heavy atom. The summed E-state index contributed by atoms with van der Waals surface area (Å²) in [4.78, 5) is 28.0. The van der Waals surface area contributed by atoms with E-state index in [0.29, 0.717) is 25.9 Å². The number of hydrogen-bond acceptors (Lipinski definition) is 3. The van der Waals surface area contributed by atoms with Gasteiger partial charge in [-0.1, -0.05) is 67.6 Å². The van der Waals surface area contributed by atoms with Gasteiger partial charge in [-0.05, 0) is 17.5 Å². The lowest BCUT2D eigenvalue weighted by molar-refractivity contribution is -0.133. The number of amides is 2. The van der Waals surface area contributed by atoms with Crippen molar-refractivity contribution in [2.45, 2.75) is 25.8 Å². The zero-order valence-corrected chi connectivity index (χ0v) is 16.5. The number of rotatable bonds is 7. The minimum atomic E-state index is -0.341. The molecular formula is C23H29N3O2. The maximum absolute atomic E-state index is 12.5. The van der Waals surface area contributed by atoms with Crippen molar-refractivity contribution in [3.05, 3.63) is 71.8 Å². The molecule has 0 bridgehead atoms. The van der Waals surface area contributed by atoms with E-state index in [1.165, 1.54) is 11.1 Å². The molecule has 1 fully saturated rings. The van der Waals surface area contributed by atoms with Gasteiger partial charge in [0.25, 0.3) is 0 Å². The highest BCUT2D eigenvalue weighted by Gasteiger charge is 2.28. The fourth-order valence-corrected chi connectivity index (χ4v) is 3.75. The number of piperazine rings is 1. The molecule has 2 amide bonds. The molecule has 5 heteroatoms. The van der Waals surface area contributed by atoms with Crippen LogP contribution in [0, 0.1) is 5.92 Å². The lowest BCUT2D eigenvalue weighted by atomic mass is 9.96. The van der Waals surface area contributed by atoms with Crippen molar-refractivity contribution < 1.29 is 9.59 Å². The summed E-state index contributed by atoms with van der Waals surface area (Å²) in [7, 11) is 0. The third-order valence-electron chi connectivity index (χ3n) is 5.54. The number of benzene rings is 2. The van der Waals surface area contributed by atoms with Crippen LogP contribution in [-0.2, 0) is 9.59 Å². The standard InChI is InChI=1S/C23H29N3O2/c1-18(23(24)28)12-13-21(27)25-14-16-26(17-15-25)22(19-8-4-2-5-9-19)20-10-6-3-7-11-20/h2-11,18,22H,12-17H2,1H3,(H2,24,28). The molecule has 2 aromatic rings. The Labute approximate surface area is 167 Å². The van der Waals surface area contributed by atoms with Crippen LogP contribution in [0.3, 0.4) is 0 Å². The Balaban J connectivity index is 1.64. The first-order valence-electron chi connectivity index (χ1n) is 9.97. The van der Waals surface area contributed by atoms with Gasteiger partial charge in [0.15, 0.2) is 0 Å². The molecule has 0 saturated carbocycles. The normalized spacial score (nSPS) is 16.1. The molecule has 1 unspecified atom stereocenters. The van der Waals surface area contributed by atoms with Crippen molar-refractivity contribution in [3.63, 3.8) is 0 Å². The predicted octanol–water partition coefficient (Wildman–Crippen LogP) is 2.82. The lowest BCUT2D eigenvalue weighted by Gasteiger charge is -2.40. The van der Waals surface area contributed by atoms with E-state index in [1.54, 1.807) is 6.92 Å². The highest BCUT2D eigenvalue weighted by molar-refractivity contribution is 5.79. The molecule has 0 spiro atoms. The number of hydrogen-bond donors (Lipinski definition) is 1. The Kier molecular flexibility index (Phi) is 6.82. The van der Waals surface area contributed by atoms with E-state index in [2.05, 4.69) is 53.4 Å². The maximum Gasteiger partial charge on any atom is 0.222 e. The first-order valence-corrected chi connectivity index (χ1v) is 9.97. The second-order valence-electron chi connectivity index (χ2n) is 7.48. The molecule has 2 aromatic carbocycles. The SMILES string of the molecule is CC(CCC(=O)N1CCN(C(c2ccccc2)c2ccccc2)CC1)C(N)=O. The Bertz CT molecular complexity index is 731. The summed E-state index contributed by atoms with van der Waals surface area (Å²) >= 11 is 0. The largest absolute Gasteiger partial charge is 0.369 e. The van der Waals surface area contributed by atoms with Gasteiger partial charge >= 0.3 is 0 Å². The fraction of sp³-hybridized carbons (Fsp3) is 0.391. The first kappa shape index (κ1) is 20.1. The molecule has 0 aromatic heterocycles. The van der Waals surface area contributed by atoms with Crippen LogP contribution in [0.1, 0.15) is 36.9 Å². The van der Waals surface area contributed by atoms with Gasteiger partial charge in [0.1, 0.15) is 0 Å². The number of primary amides is 1. The summed E-state index contributed by atoms with van der Waals surface area (Å²) in [5, 5.41) is 0. The van der Waals surface area contributed by atoms with E-state index >= 15 is 0 Å². The van der Waals surface area contributed by atoms with Gasteiger partial charge in [0, 0.05) is 38.5 Å². The third-order valence-corrected chi connectivity index (χ3v) is 5.54.